The van der Waals surface area contributed by atoms with Crippen LogP contribution in [-0.2, 0) is 9.84 Å². The van der Waals surface area contributed by atoms with E-state index >= 15 is 0 Å². The van der Waals surface area contributed by atoms with Crippen LogP contribution in [0.2, 0.25) is 0 Å². The Kier molecular flexibility index (Phi) is 4.42. The highest BCUT2D eigenvalue weighted by Crippen LogP contribution is 2.19. The van der Waals surface area contributed by atoms with E-state index in [0.29, 0.717) is 5.56 Å². The summed E-state index contributed by atoms with van der Waals surface area (Å²) in [6.07, 6.45) is 1.03. The van der Waals surface area contributed by atoms with Crippen molar-refractivity contribution in [3.8, 4) is 5.75 Å². The fraction of sp³-hybridized carbons (Fsp3) is 0.125. The van der Waals surface area contributed by atoms with Crippen LogP contribution in [0, 0.1) is 0 Å². The summed E-state index contributed by atoms with van der Waals surface area (Å²) < 4.78 is 28.5. The van der Waals surface area contributed by atoms with Crippen LogP contribution in [0.1, 0.15) is 27.6 Å². The molecule has 2 aromatic rings. The molecule has 0 fully saturated rings. The zero-order valence-corrected chi connectivity index (χ0v) is 12.9. The first-order chi connectivity index (χ1) is 10.3. The van der Waals surface area contributed by atoms with Crippen molar-refractivity contribution in [3.63, 3.8) is 0 Å². The Hall–Kier alpha value is -2.47. The van der Waals surface area contributed by atoms with Gasteiger partial charge < -0.3 is 4.74 Å². The number of hydrogen-bond acceptors (Lipinski definition) is 5. The Bertz CT molecular complexity index is 820. The first-order valence-electron chi connectivity index (χ1n) is 6.41. The monoisotopic (exact) mass is 318 g/mol. The number of benzene rings is 2. The standard InChI is InChI=1S/C16H14O5S/c1-11(17)12-7-9-13(10-8-12)21-16(18)14-5-3-4-6-15(14)22(2,19)20/h3-10H,1-2H3. The topological polar surface area (TPSA) is 77.5 Å². The minimum Gasteiger partial charge on any atom is -0.423 e. The van der Waals surface area contributed by atoms with E-state index in [0.717, 1.165) is 6.26 Å². The van der Waals surface area contributed by atoms with Gasteiger partial charge in [0.05, 0.1) is 10.5 Å². The molecular formula is C16H14O5S. The first kappa shape index (κ1) is 15.9. The predicted octanol–water partition coefficient (Wildman–Crippen LogP) is 2.51. The molecule has 5 nitrogen and oxygen atoms in total. The second-order valence-electron chi connectivity index (χ2n) is 4.74. The van der Waals surface area contributed by atoms with E-state index < -0.39 is 15.8 Å². The molecule has 0 bridgehead atoms. The number of Topliss-reactive ketones (excluding diaryl/α,β-unsaturated/α-hetero) is 1. The molecule has 22 heavy (non-hydrogen) atoms. The summed E-state index contributed by atoms with van der Waals surface area (Å²) >= 11 is 0. The third-order valence-corrected chi connectivity index (χ3v) is 4.13. The van der Waals surface area contributed by atoms with Gasteiger partial charge in [-0.2, -0.15) is 0 Å². The Balaban J connectivity index is 2.28. The van der Waals surface area contributed by atoms with E-state index in [1.165, 1.54) is 49.4 Å². The normalized spacial score (nSPS) is 11.0. The largest absolute Gasteiger partial charge is 0.423 e. The number of ketones is 1. The number of rotatable bonds is 4. The van der Waals surface area contributed by atoms with E-state index in [9.17, 15) is 18.0 Å². The fourth-order valence-corrected chi connectivity index (χ4v) is 2.75. The second kappa shape index (κ2) is 6.11. The maximum Gasteiger partial charge on any atom is 0.344 e. The van der Waals surface area contributed by atoms with Gasteiger partial charge in [-0.1, -0.05) is 12.1 Å². The minimum atomic E-state index is -3.53. The average molecular weight is 318 g/mol. The predicted molar refractivity (Wildman–Crippen MR) is 81.0 cm³/mol. The highest BCUT2D eigenvalue weighted by atomic mass is 32.2. The molecule has 0 radical (unpaired) electrons. The molecule has 2 rings (SSSR count). The molecule has 0 N–H and O–H groups in total. The van der Waals surface area contributed by atoms with Crippen molar-refractivity contribution < 1.29 is 22.7 Å². The molecule has 0 aromatic heterocycles. The molecule has 114 valence electrons. The van der Waals surface area contributed by atoms with Gasteiger partial charge in [-0.25, -0.2) is 13.2 Å². The number of esters is 1. The van der Waals surface area contributed by atoms with Gasteiger partial charge in [0.15, 0.2) is 15.6 Å². The molecule has 0 saturated carbocycles. The maximum atomic E-state index is 12.1. The first-order valence-corrected chi connectivity index (χ1v) is 8.30. The highest BCUT2D eigenvalue weighted by molar-refractivity contribution is 7.90. The molecule has 6 heteroatoms. The molecule has 0 aliphatic rings. The van der Waals surface area contributed by atoms with Crippen LogP contribution in [-0.4, -0.2) is 26.4 Å². The summed E-state index contributed by atoms with van der Waals surface area (Å²) in [5.41, 5.74) is 0.469. The lowest BCUT2D eigenvalue weighted by Crippen LogP contribution is -2.13. The van der Waals surface area contributed by atoms with Gasteiger partial charge in [0.1, 0.15) is 5.75 Å². The van der Waals surface area contributed by atoms with Crippen molar-refractivity contribution in [2.45, 2.75) is 11.8 Å². The molecular weight excluding hydrogens is 304 g/mol. The number of hydrogen-bond donors (Lipinski definition) is 0. The third kappa shape index (κ3) is 3.59. The maximum absolute atomic E-state index is 12.1. The van der Waals surface area contributed by atoms with Gasteiger partial charge in [-0.05, 0) is 43.3 Å². The molecule has 0 amide bonds. The molecule has 0 aliphatic carbocycles. The van der Waals surface area contributed by atoms with Gasteiger partial charge in [-0.15, -0.1) is 0 Å². The van der Waals surface area contributed by atoms with Crippen LogP contribution in [0.4, 0.5) is 0 Å². The van der Waals surface area contributed by atoms with Gasteiger partial charge in [-0.3, -0.25) is 4.79 Å². The van der Waals surface area contributed by atoms with Crippen molar-refractivity contribution in [1.82, 2.24) is 0 Å². The van der Waals surface area contributed by atoms with E-state index in [1.807, 2.05) is 0 Å². The quantitative estimate of drug-likeness (QED) is 0.492. The number of carbonyl (C=O) groups excluding carboxylic acids is 2. The van der Waals surface area contributed by atoms with E-state index in [1.54, 1.807) is 6.07 Å². The van der Waals surface area contributed by atoms with Crippen molar-refractivity contribution in [1.29, 1.82) is 0 Å². The van der Waals surface area contributed by atoms with E-state index in [2.05, 4.69) is 0 Å². The third-order valence-electron chi connectivity index (χ3n) is 2.98. The molecule has 0 heterocycles. The zero-order valence-electron chi connectivity index (χ0n) is 12.1. The molecule has 0 unspecified atom stereocenters. The smallest absolute Gasteiger partial charge is 0.344 e. The Labute approximate surface area is 128 Å². The van der Waals surface area contributed by atoms with Crippen LogP contribution in [0.5, 0.6) is 5.75 Å². The molecule has 2 aromatic carbocycles. The van der Waals surface area contributed by atoms with Gasteiger partial charge in [0, 0.05) is 11.8 Å². The average Bonchev–Trinajstić information content (AvgIpc) is 2.47. The Morgan fingerprint density at radius 3 is 2.09 bits per heavy atom. The van der Waals surface area contributed by atoms with Crippen molar-refractivity contribution in [2.24, 2.45) is 0 Å². The van der Waals surface area contributed by atoms with Crippen molar-refractivity contribution >= 4 is 21.6 Å². The van der Waals surface area contributed by atoms with Crippen LogP contribution in [0.25, 0.3) is 0 Å². The van der Waals surface area contributed by atoms with E-state index in [4.69, 9.17) is 4.74 Å². The molecule has 0 saturated heterocycles. The fourth-order valence-electron chi connectivity index (χ4n) is 1.88. The number of carbonyl (C=O) groups is 2. The highest BCUT2D eigenvalue weighted by Gasteiger charge is 2.19. The molecule has 0 atom stereocenters. The molecule has 0 aliphatic heterocycles. The van der Waals surface area contributed by atoms with Crippen LogP contribution < -0.4 is 4.74 Å². The number of ether oxygens (including phenoxy) is 1. The summed E-state index contributed by atoms with van der Waals surface area (Å²) in [4.78, 5) is 23.2. The van der Waals surface area contributed by atoms with Gasteiger partial charge in [0.25, 0.3) is 0 Å². The second-order valence-corrected chi connectivity index (χ2v) is 6.72. The Morgan fingerprint density at radius 2 is 1.55 bits per heavy atom. The number of sulfone groups is 1. The SMILES string of the molecule is CC(=O)c1ccc(OC(=O)c2ccccc2S(C)(=O)=O)cc1. The van der Waals surface area contributed by atoms with Gasteiger partial charge in [0.2, 0.25) is 0 Å². The lowest BCUT2D eigenvalue weighted by atomic mass is 10.1. The minimum absolute atomic E-state index is 0.0272. The zero-order chi connectivity index (χ0) is 16.3. The van der Waals surface area contributed by atoms with Crippen molar-refractivity contribution in [2.75, 3.05) is 6.26 Å². The lowest BCUT2D eigenvalue weighted by molar-refractivity contribution is 0.0730. The van der Waals surface area contributed by atoms with E-state index in [-0.39, 0.29) is 22.0 Å². The van der Waals surface area contributed by atoms with Crippen LogP contribution in [0.3, 0.4) is 0 Å². The summed E-state index contributed by atoms with van der Waals surface area (Å²) in [5, 5.41) is 0. The Morgan fingerprint density at radius 1 is 0.955 bits per heavy atom. The van der Waals surface area contributed by atoms with Gasteiger partial charge >= 0.3 is 5.97 Å². The summed E-state index contributed by atoms with van der Waals surface area (Å²) in [6.45, 7) is 1.43. The van der Waals surface area contributed by atoms with Crippen molar-refractivity contribution in [3.05, 3.63) is 59.7 Å². The summed E-state index contributed by atoms with van der Waals surface area (Å²) in [7, 11) is -3.53. The summed E-state index contributed by atoms with van der Waals surface area (Å²) in [5.74, 6) is -0.629. The summed E-state index contributed by atoms with van der Waals surface area (Å²) in [6, 6.07) is 11.9. The van der Waals surface area contributed by atoms with Crippen LogP contribution >= 0.6 is 0 Å². The molecule has 0 spiro atoms. The lowest BCUT2D eigenvalue weighted by Gasteiger charge is -2.08. The van der Waals surface area contributed by atoms with Crippen LogP contribution in [0.15, 0.2) is 53.4 Å².